The molecule has 0 aliphatic heterocycles. The van der Waals surface area contributed by atoms with Gasteiger partial charge in [0.25, 0.3) is 0 Å². The number of phenolic OH excluding ortho intramolecular Hbond substituents is 1. The minimum Gasteiger partial charge on any atom is -0.507 e. The van der Waals surface area contributed by atoms with E-state index in [4.69, 9.17) is 23.8 Å². The Kier molecular flexibility index (Phi) is 5.21. The van der Waals surface area contributed by atoms with Crippen LogP contribution in [-0.2, 0) is 0 Å². The Balaban J connectivity index is 2.14. The van der Waals surface area contributed by atoms with E-state index in [9.17, 15) is 5.11 Å². The van der Waals surface area contributed by atoms with Crippen LogP contribution in [0, 0.1) is 0 Å². The van der Waals surface area contributed by atoms with Crippen LogP contribution < -0.4 is 5.32 Å². The van der Waals surface area contributed by atoms with E-state index >= 15 is 0 Å². The molecule has 0 amide bonds. The van der Waals surface area contributed by atoms with Crippen molar-refractivity contribution >= 4 is 34.5 Å². The van der Waals surface area contributed by atoms with Crippen molar-refractivity contribution in [2.24, 2.45) is 0 Å². The van der Waals surface area contributed by atoms with Crippen LogP contribution in [0.2, 0.25) is 5.02 Å². The Bertz CT molecular complexity index is 640. The van der Waals surface area contributed by atoms with E-state index in [1.54, 1.807) is 12.1 Å². The lowest BCUT2D eigenvalue weighted by Gasteiger charge is -2.12. The third-order valence-electron chi connectivity index (χ3n) is 3.55. The van der Waals surface area contributed by atoms with E-state index in [0.29, 0.717) is 21.5 Å². The minimum absolute atomic E-state index is 0.119. The molecule has 4 heteroatoms. The first kappa shape index (κ1) is 15.8. The van der Waals surface area contributed by atoms with Crippen molar-refractivity contribution in [3.8, 4) is 5.75 Å². The zero-order valence-corrected chi connectivity index (χ0v) is 13.6. The van der Waals surface area contributed by atoms with Crippen molar-refractivity contribution in [2.45, 2.75) is 26.2 Å². The summed E-state index contributed by atoms with van der Waals surface area (Å²) in [4.78, 5) is 0.450. The molecule has 0 aliphatic carbocycles. The summed E-state index contributed by atoms with van der Waals surface area (Å²) < 4.78 is 0. The summed E-state index contributed by atoms with van der Waals surface area (Å²) in [6, 6.07) is 13.0. The zero-order chi connectivity index (χ0) is 15.4. The smallest absolute Gasteiger partial charge is 0.125 e. The Labute approximate surface area is 135 Å². The number of benzene rings is 2. The Hall–Kier alpha value is -1.58. The molecular formula is C17H18ClNOS. The lowest BCUT2D eigenvalue weighted by atomic mass is 9.98. The third kappa shape index (κ3) is 3.96. The fraction of sp³-hybridized carbons (Fsp3) is 0.235. The van der Waals surface area contributed by atoms with Crippen LogP contribution in [0.25, 0.3) is 0 Å². The zero-order valence-electron chi connectivity index (χ0n) is 12.1. The molecule has 21 heavy (non-hydrogen) atoms. The summed E-state index contributed by atoms with van der Waals surface area (Å²) in [7, 11) is 0. The second-order valence-electron chi connectivity index (χ2n) is 5.05. The number of aromatic hydroxyl groups is 1. The van der Waals surface area contributed by atoms with Crippen molar-refractivity contribution in [2.75, 3.05) is 5.32 Å². The van der Waals surface area contributed by atoms with Crippen LogP contribution in [0.15, 0.2) is 42.5 Å². The van der Waals surface area contributed by atoms with Crippen molar-refractivity contribution in [1.82, 2.24) is 0 Å². The van der Waals surface area contributed by atoms with Gasteiger partial charge in [-0.05, 0) is 48.2 Å². The summed E-state index contributed by atoms with van der Waals surface area (Å²) in [5, 5.41) is 13.5. The molecule has 0 saturated carbocycles. The number of thiocarbonyl (C=S) groups is 1. The van der Waals surface area contributed by atoms with Crippen LogP contribution in [0.5, 0.6) is 5.75 Å². The Morgan fingerprint density at radius 1 is 1.24 bits per heavy atom. The first-order chi connectivity index (χ1) is 10.0. The van der Waals surface area contributed by atoms with E-state index in [1.165, 1.54) is 11.6 Å². The van der Waals surface area contributed by atoms with Gasteiger partial charge in [-0.1, -0.05) is 49.8 Å². The summed E-state index contributed by atoms with van der Waals surface area (Å²) in [6.45, 7) is 4.38. The predicted octanol–water partition coefficient (Wildman–Crippen LogP) is 5.35. The highest BCUT2D eigenvalue weighted by molar-refractivity contribution is 7.81. The van der Waals surface area contributed by atoms with E-state index < -0.39 is 0 Å². The molecule has 2 N–H and O–H groups in total. The number of phenols is 1. The minimum atomic E-state index is 0.119. The molecule has 2 rings (SSSR count). The molecule has 0 aromatic heterocycles. The normalized spacial score (nSPS) is 12.0. The van der Waals surface area contributed by atoms with Crippen molar-refractivity contribution in [3.05, 3.63) is 58.6 Å². The van der Waals surface area contributed by atoms with Gasteiger partial charge in [-0.2, -0.15) is 0 Å². The maximum Gasteiger partial charge on any atom is 0.125 e. The quantitative estimate of drug-likeness (QED) is 0.745. The average molecular weight is 320 g/mol. The lowest BCUT2D eigenvalue weighted by Crippen LogP contribution is -2.10. The largest absolute Gasteiger partial charge is 0.507 e. The van der Waals surface area contributed by atoms with Gasteiger partial charge in [0.1, 0.15) is 10.7 Å². The molecule has 2 aromatic carbocycles. The molecule has 2 aromatic rings. The Morgan fingerprint density at radius 3 is 2.52 bits per heavy atom. The molecule has 1 atom stereocenters. The second-order valence-corrected chi connectivity index (χ2v) is 5.89. The van der Waals surface area contributed by atoms with Crippen LogP contribution in [0.4, 0.5) is 5.69 Å². The number of hydrogen-bond acceptors (Lipinski definition) is 2. The van der Waals surface area contributed by atoms with E-state index in [-0.39, 0.29) is 5.75 Å². The lowest BCUT2D eigenvalue weighted by molar-refractivity contribution is 0.474. The fourth-order valence-corrected chi connectivity index (χ4v) is 2.47. The van der Waals surface area contributed by atoms with Crippen molar-refractivity contribution in [1.29, 1.82) is 0 Å². The molecule has 0 bridgehead atoms. The van der Waals surface area contributed by atoms with Gasteiger partial charge < -0.3 is 10.4 Å². The van der Waals surface area contributed by atoms with Gasteiger partial charge in [0.2, 0.25) is 0 Å². The topological polar surface area (TPSA) is 32.3 Å². The molecule has 2 nitrogen and oxygen atoms in total. The van der Waals surface area contributed by atoms with Gasteiger partial charge in [0.05, 0.1) is 5.56 Å². The van der Waals surface area contributed by atoms with Crippen LogP contribution in [-0.4, -0.2) is 10.1 Å². The number of rotatable bonds is 4. The number of anilines is 1. The molecule has 0 fully saturated rings. The van der Waals surface area contributed by atoms with Gasteiger partial charge in [-0.25, -0.2) is 0 Å². The molecule has 0 heterocycles. The molecule has 0 spiro atoms. The van der Waals surface area contributed by atoms with Crippen LogP contribution >= 0.6 is 23.8 Å². The SMILES string of the molecule is CCC(C)c1ccc(NC(=S)c2cc(Cl)ccc2O)cc1. The highest BCUT2D eigenvalue weighted by atomic mass is 35.5. The van der Waals surface area contributed by atoms with Crippen molar-refractivity contribution < 1.29 is 5.11 Å². The highest BCUT2D eigenvalue weighted by Gasteiger charge is 2.09. The molecular weight excluding hydrogens is 302 g/mol. The first-order valence-corrected chi connectivity index (χ1v) is 7.69. The van der Waals surface area contributed by atoms with E-state index in [1.807, 2.05) is 12.1 Å². The highest BCUT2D eigenvalue weighted by Crippen LogP contribution is 2.24. The van der Waals surface area contributed by atoms with Crippen LogP contribution in [0.1, 0.15) is 37.3 Å². The number of halogens is 1. The number of nitrogens with one attached hydrogen (secondary N) is 1. The van der Waals surface area contributed by atoms with Gasteiger partial charge in [0.15, 0.2) is 0 Å². The number of hydrogen-bond donors (Lipinski definition) is 2. The summed E-state index contributed by atoms with van der Waals surface area (Å²) in [5.41, 5.74) is 2.73. The summed E-state index contributed by atoms with van der Waals surface area (Å²) in [6.07, 6.45) is 1.11. The maximum absolute atomic E-state index is 9.85. The third-order valence-corrected chi connectivity index (χ3v) is 4.11. The molecule has 0 radical (unpaired) electrons. The predicted molar refractivity (Wildman–Crippen MR) is 93.6 cm³/mol. The first-order valence-electron chi connectivity index (χ1n) is 6.91. The average Bonchev–Trinajstić information content (AvgIpc) is 2.49. The van der Waals surface area contributed by atoms with Crippen LogP contribution in [0.3, 0.4) is 0 Å². The van der Waals surface area contributed by atoms with Gasteiger partial charge in [0, 0.05) is 10.7 Å². The molecule has 0 saturated heterocycles. The van der Waals surface area contributed by atoms with Gasteiger partial charge >= 0.3 is 0 Å². The van der Waals surface area contributed by atoms with Gasteiger partial charge in [-0.15, -0.1) is 0 Å². The summed E-state index contributed by atoms with van der Waals surface area (Å²) >= 11 is 11.3. The molecule has 1 unspecified atom stereocenters. The van der Waals surface area contributed by atoms with Gasteiger partial charge in [-0.3, -0.25) is 0 Å². The van der Waals surface area contributed by atoms with Crippen molar-refractivity contribution in [3.63, 3.8) is 0 Å². The standard InChI is InChI=1S/C17H18ClNOS/c1-3-11(2)12-4-7-14(8-5-12)19-17(21)15-10-13(18)6-9-16(15)20/h4-11,20H,3H2,1-2H3,(H,19,21). The molecule has 0 aliphatic rings. The Morgan fingerprint density at radius 2 is 1.90 bits per heavy atom. The van der Waals surface area contributed by atoms with E-state index in [2.05, 4.69) is 31.3 Å². The monoisotopic (exact) mass is 319 g/mol. The van der Waals surface area contributed by atoms with E-state index in [0.717, 1.165) is 12.1 Å². The second kappa shape index (κ2) is 6.92. The molecule has 110 valence electrons. The maximum atomic E-state index is 9.85. The fourth-order valence-electron chi connectivity index (χ4n) is 2.02. The summed E-state index contributed by atoms with van der Waals surface area (Å²) in [5.74, 6) is 0.663.